The molecule has 0 radical (unpaired) electrons. The lowest BCUT2D eigenvalue weighted by molar-refractivity contribution is -0.0681. The molecule has 0 spiro atoms. The summed E-state index contributed by atoms with van der Waals surface area (Å²) in [5, 5.41) is 10.6. The Balaban J connectivity index is 1.65. The predicted molar refractivity (Wildman–Crippen MR) is 88.8 cm³/mol. The van der Waals surface area contributed by atoms with Gasteiger partial charge in [0.15, 0.2) is 0 Å². The Bertz CT molecular complexity index is 516. The van der Waals surface area contributed by atoms with Gasteiger partial charge in [0, 0.05) is 17.7 Å². The lowest BCUT2D eigenvalue weighted by Crippen LogP contribution is -2.46. The van der Waals surface area contributed by atoms with E-state index < -0.39 is 0 Å². The van der Waals surface area contributed by atoms with E-state index in [-0.39, 0.29) is 5.60 Å². The highest BCUT2D eigenvalue weighted by Gasteiger charge is 2.51. The van der Waals surface area contributed by atoms with Crippen molar-refractivity contribution in [1.29, 1.82) is 0 Å². The average Bonchev–Trinajstić information content (AvgIpc) is 2.55. The van der Waals surface area contributed by atoms with Crippen LogP contribution in [0.4, 0.5) is 0 Å². The molecule has 5 aliphatic rings. The molecular formula is C19H27ClO2. The van der Waals surface area contributed by atoms with E-state index in [9.17, 15) is 5.11 Å². The van der Waals surface area contributed by atoms with E-state index in [1.807, 2.05) is 6.08 Å². The van der Waals surface area contributed by atoms with Crippen LogP contribution in [0.3, 0.4) is 0 Å². The zero-order chi connectivity index (χ0) is 15.3. The molecule has 2 bridgehead atoms. The molecule has 3 unspecified atom stereocenters. The molecule has 0 aromatic rings. The van der Waals surface area contributed by atoms with Crippen molar-refractivity contribution in [3.63, 3.8) is 0 Å². The normalized spacial score (nSPS) is 43.3. The molecule has 0 aromatic heterocycles. The van der Waals surface area contributed by atoms with Crippen molar-refractivity contribution in [1.82, 2.24) is 0 Å². The first-order valence-corrected chi connectivity index (χ1v) is 9.53. The van der Waals surface area contributed by atoms with Crippen molar-refractivity contribution >= 4 is 11.6 Å². The zero-order valence-electron chi connectivity index (χ0n) is 13.5. The monoisotopic (exact) mass is 322 g/mol. The van der Waals surface area contributed by atoms with Crippen LogP contribution in [0.5, 0.6) is 0 Å². The van der Waals surface area contributed by atoms with Gasteiger partial charge in [0.25, 0.3) is 0 Å². The second-order valence-corrected chi connectivity index (χ2v) is 8.41. The van der Waals surface area contributed by atoms with Crippen molar-refractivity contribution in [3.8, 4) is 0 Å². The van der Waals surface area contributed by atoms with Crippen LogP contribution in [0.2, 0.25) is 0 Å². The first-order valence-electron chi connectivity index (χ1n) is 9.00. The summed E-state index contributed by atoms with van der Waals surface area (Å²) in [7, 11) is 0. The summed E-state index contributed by atoms with van der Waals surface area (Å²) in [5.74, 6) is 4.75. The molecule has 0 amide bonds. The summed E-state index contributed by atoms with van der Waals surface area (Å²) >= 11 is 5.89. The van der Waals surface area contributed by atoms with Gasteiger partial charge in [-0.25, -0.2) is 0 Å². The average molecular weight is 323 g/mol. The third-order valence-electron chi connectivity index (χ3n) is 6.62. The lowest BCUT2D eigenvalue weighted by atomic mass is 9.55. The van der Waals surface area contributed by atoms with Crippen LogP contribution in [-0.2, 0) is 4.74 Å². The Kier molecular flexibility index (Phi) is 3.71. The maximum absolute atomic E-state index is 10.6. The molecular weight excluding hydrogens is 296 g/mol. The van der Waals surface area contributed by atoms with Crippen LogP contribution in [0.25, 0.3) is 0 Å². The second kappa shape index (κ2) is 5.47. The molecule has 22 heavy (non-hydrogen) atoms. The number of halogens is 1. The quantitative estimate of drug-likeness (QED) is 0.711. The van der Waals surface area contributed by atoms with Crippen molar-refractivity contribution in [2.45, 2.75) is 63.9 Å². The van der Waals surface area contributed by atoms with Crippen LogP contribution in [0, 0.1) is 23.7 Å². The van der Waals surface area contributed by atoms with Crippen molar-refractivity contribution in [3.05, 3.63) is 23.2 Å². The van der Waals surface area contributed by atoms with E-state index in [0.717, 1.165) is 25.7 Å². The SMILES string of the molecule is CC1(CCCCl)CCC2=C(O1)C1C3CCC(CC3)C1C(O)=C2. The minimum Gasteiger partial charge on any atom is -0.512 e. The van der Waals surface area contributed by atoms with Crippen LogP contribution in [0.15, 0.2) is 23.2 Å². The minimum absolute atomic E-state index is 0.0598. The number of ether oxygens (including phenoxy) is 1. The maximum Gasteiger partial charge on any atom is 0.106 e. The van der Waals surface area contributed by atoms with Gasteiger partial charge in [-0.2, -0.15) is 0 Å². The minimum atomic E-state index is -0.0598. The second-order valence-electron chi connectivity index (χ2n) is 8.03. The Labute approximate surface area is 138 Å². The number of alkyl halides is 1. The number of fused-ring (bicyclic) bond motifs is 2. The molecule has 3 fully saturated rings. The standard InChI is InChI=1S/C19H27ClO2/c1-19(8-2-10-20)9-7-14-11-15(21)16-12-3-5-13(6-4-12)17(16)18(14)22-19/h11-13,16-17,21H,2-10H2,1H3. The number of aliphatic hydroxyl groups is 1. The number of hydrogen-bond acceptors (Lipinski definition) is 2. The molecule has 3 saturated carbocycles. The fraction of sp³-hybridized carbons (Fsp3) is 0.789. The van der Waals surface area contributed by atoms with E-state index >= 15 is 0 Å². The van der Waals surface area contributed by atoms with E-state index in [1.165, 1.54) is 37.0 Å². The number of hydrogen-bond donors (Lipinski definition) is 1. The molecule has 3 heteroatoms. The number of rotatable bonds is 3. The van der Waals surface area contributed by atoms with E-state index in [0.29, 0.717) is 35.3 Å². The Morgan fingerprint density at radius 3 is 2.59 bits per heavy atom. The molecule has 2 nitrogen and oxygen atoms in total. The summed E-state index contributed by atoms with van der Waals surface area (Å²) in [6.45, 7) is 2.25. The van der Waals surface area contributed by atoms with Gasteiger partial charge in [0.2, 0.25) is 0 Å². The van der Waals surface area contributed by atoms with Crippen LogP contribution < -0.4 is 0 Å². The Morgan fingerprint density at radius 1 is 1.23 bits per heavy atom. The molecule has 1 aliphatic heterocycles. The highest BCUT2D eigenvalue weighted by atomic mass is 35.5. The molecule has 3 atom stereocenters. The van der Waals surface area contributed by atoms with Gasteiger partial charge >= 0.3 is 0 Å². The van der Waals surface area contributed by atoms with Crippen LogP contribution in [-0.4, -0.2) is 16.6 Å². The van der Waals surface area contributed by atoms with Crippen LogP contribution in [0.1, 0.15) is 58.3 Å². The highest BCUT2D eigenvalue weighted by Crippen LogP contribution is 2.58. The van der Waals surface area contributed by atoms with Gasteiger partial charge in [-0.15, -0.1) is 11.6 Å². The summed E-state index contributed by atoms with van der Waals surface area (Å²) in [6.07, 6.45) is 11.4. The maximum atomic E-state index is 10.6. The zero-order valence-corrected chi connectivity index (χ0v) is 14.2. The molecule has 1 heterocycles. The molecule has 122 valence electrons. The van der Waals surface area contributed by atoms with Crippen molar-refractivity contribution < 1.29 is 9.84 Å². The highest BCUT2D eigenvalue weighted by molar-refractivity contribution is 6.17. The Hall–Kier alpha value is -0.630. The summed E-state index contributed by atoms with van der Waals surface area (Å²) in [4.78, 5) is 0. The van der Waals surface area contributed by atoms with Crippen molar-refractivity contribution in [2.24, 2.45) is 23.7 Å². The smallest absolute Gasteiger partial charge is 0.106 e. The molecule has 4 aliphatic carbocycles. The van der Waals surface area contributed by atoms with Crippen LogP contribution >= 0.6 is 11.6 Å². The fourth-order valence-electron chi connectivity index (χ4n) is 5.47. The summed E-state index contributed by atoms with van der Waals surface area (Å²) in [6, 6.07) is 0. The molecule has 5 rings (SSSR count). The fourth-order valence-corrected chi connectivity index (χ4v) is 5.61. The third kappa shape index (κ3) is 2.29. The van der Waals surface area contributed by atoms with Crippen molar-refractivity contribution in [2.75, 3.05) is 5.88 Å². The van der Waals surface area contributed by atoms with Gasteiger partial charge in [0.05, 0.1) is 5.76 Å². The topological polar surface area (TPSA) is 29.5 Å². The first-order chi connectivity index (χ1) is 10.6. The predicted octanol–water partition coefficient (Wildman–Crippen LogP) is 5.34. The van der Waals surface area contributed by atoms with E-state index in [2.05, 4.69) is 6.92 Å². The van der Waals surface area contributed by atoms with Gasteiger partial charge < -0.3 is 9.84 Å². The van der Waals surface area contributed by atoms with E-state index in [1.54, 1.807) is 0 Å². The third-order valence-corrected chi connectivity index (χ3v) is 6.89. The molecule has 1 N–H and O–H groups in total. The lowest BCUT2D eigenvalue weighted by Gasteiger charge is -2.53. The van der Waals surface area contributed by atoms with E-state index in [4.69, 9.17) is 16.3 Å². The molecule has 0 aromatic carbocycles. The summed E-state index contributed by atoms with van der Waals surface area (Å²) < 4.78 is 6.62. The molecule has 0 saturated heterocycles. The summed E-state index contributed by atoms with van der Waals surface area (Å²) in [5.41, 5.74) is 1.21. The Morgan fingerprint density at radius 2 is 1.91 bits per heavy atom. The number of aliphatic hydroxyl groups excluding tert-OH is 1. The van der Waals surface area contributed by atoms with Gasteiger partial charge in [-0.3, -0.25) is 0 Å². The number of allylic oxidation sites excluding steroid dienone is 4. The van der Waals surface area contributed by atoms with Gasteiger partial charge in [-0.05, 0) is 81.8 Å². The first kappa shape index (κ1) is 14.9. The van der Waals surface area contributed by atoms with Gasteiger partial charge in [0.1, 0.15) is 11.4 Å². The van der Waals surface area contributed by atoms with Gasteiger partial charge in [-0.1, -0.05) is 0 Å². The largest absolute Gasteiger partial charge is 0.512 e.